The van der Waals surface area contributed by atoms with E-state index in [0.29, 0.717) is 18.2 Å². The Kier molecular flexibility index (Phi) is 3.64. The number of fused-ring (bicyclic) bond motifs is 1. The Morgan fingerprint density at radius 1 is 1.45 bits per heavy atom. The maximum absolute atomic E-state index is 12.2. The van der Waals surface area contributed by atoms with Gasteiger partial charge >= 0.3 is 0 Å². The molecule has 0 aliphatic carbocycles. The maximum Gasteiger partial charge on any atom is 0.233 e. The number of nitrogens with one attached hydrogen (secondary N) is 1. The molecule has 5 nitrogen and oxygen atoms in total. The molecule has 1 atom stereocenters. The van der Waals surface area contributed by atoms with Crippen LogP contribution in [0.25, 0.3) is 0 Å². The highest BCUT2D eigenvalue weighted by Gasteiger charge is 2.26. The van der Waals surface area contributed by atoms with E-state index < -0.39 is 0 Å². The highest BCUT2D eigenvalue weighted by atomic mass is 32.1. The van der Waals surface area contributed by atoms with E-state index in [9.17, 15) is 4.79 Å². The molecule has 1 aliphatic rings. The van der Waals surface area contributed by atoms with E-state index in [-0.39, 0.29) is 11.8 Å². The van der Waals surface area contributed by atoms with Gasteiger partial charge in [0.05, 0.1) is 5.92 Å². The van der Waals surface area contributed by atoms with Crippen molar-refractivity contribution >= 4 is 22.4 Å². The molecule has 1 aromatic heterocycles. The maximum atomic E-state index is 12.2. The number of carbonyl (C=O) groups excluding carboxylic acids is 1. The number of hydrogen-bond acceptors (Lipinski definition) is 5. The number of anilines is 1. The van der Waals surface area contributed by atoms with Gasteiger partial charge in [0, 0.05) is 0 Å². The fraction of sp³-hybridized carbons (Fsp3) is 0.357. The smallest absolute Gasteiger partial charge is 0.233 e. The molecule has 0 spiro atoms. The summed E-state index contributed by atoms with van der Waals surface area (Å²) in [4.78, 5) is 12.2. The van der Waals surface area contributed by atoms with Crippen molar-refractivity contribution in [3.63, 3.8) is 0 Å². The number of rotatable bonds is 3. The number of para-hydroxylation sites is 1. The van der Waals surface area contributed by atoms with E-state index in [2.05, 4.69) is 15.5 Å². The second-order valence-corrected chi connectivity index (χ2v) is 5.73. The Labute approximate surface area is 121 Å². The van der Waals surface area contributed by atoms with Crippen LogP contribution in [0.4, 0.5) is 5.13 Å². The summed E-state index contributed by atoms with van der Waals surface area (Å²) < 4.78 is 5.63. The molecular formula is C14H15N3O2S. The summed E-state index contributed by atoms with van der Waals surface area (Å²) in [5.74, 6) is 0.637. The fourth-order valence-corrected chi connectivity index (χ4v) is 2.83. The molecule has 2 aromatic rings. The van der Waals surface area contributed by atoms with Gasteiger partial charge in [-0.25, -0.2) is 0 Å². The number of benzene rings is 1. The van der Waals surface area contributed by atoms with Crippen molar-refractivity contribution in [3.05, 3.63) is 34.8 Å². The molecule has 0 radical (unpaired) electrons. The number of carbonyl (C=O) groups is 1. The van der Waals surface area contributed by atoms with Crippen molar-refractivity contribution in [1.29, 1.82) is 0 Å². The van der Waals surface area contributed by atoms with Crippen LogP contribution in [0.1, 0.15) is 17.5 Å². The Bertz CT molecular complexity index is 626. The van der Waals surface area contributed by atoms with Gasteiger partial charge in [0.2, 0.25) is 11.0 Å². The minimum absolute atomic E-state index is 0.0571. The van der Waals surface area contributed by atoms with Gasteiger partial charge in [0.1, 0.15) is 17.4 Å². The SMILES string of the molecule is CCc1nnc(NC(=O)[C@@H]2COc3ccccc3C2)s1. The summed E-state index contributed by atoms with van der Waals surface area (Å²) in [6.45, 7) is 2.42. The molecule has 0 bridgehead atoms. The molecule has 2 heterocycles. The largest absolute Gasteiger partial charge is 0.492 e. The highest BCUT2D eigenvalue weighted by molar-refractivity contribution is 7.15. The predicted molar refractivity (Wildman–Crippen MR) is 77.0 cm³/mol. The van der Waals surface area contributed by atoms with Crippen LogP contribution in [0.2, 0.25) is 0 Å². The molecule has 0 unspecified atom stereocenters. The average Bonchev–Trinajstić information content (AvgIpc) is 2.94. The Morgan fingerprint density at radius 3 is 3.10 bits per heavy atom. The van der Waals surface area contributed by atoms with E-state index in [1.807, 2.05) is 31.2 Å². The van der Waals surface area contributed by atoms with Gasteiger partial charge in [0.25, 0.3) is 0 Å². The van der Waals surface area contributed by atoms with Crippen molar-refractivity contribution in [2.75, 3.05) is 11.9 Å². The lowest BCUT2D eigenvalue weighted by molar-refractivity contribution is -0.121. The molecule has 20 heavy (non-hydrogen) atoms. The molecule has 6 heteroatoms. The third-order valence-corrected chi connectivity index (χ3v) is 4.23. The number of hydrogen-bond donors (Lipinski definition) is 1. The van der Waals surface area contributed by atoms with Gasteiger partial charge in [-0.15, -0.1) is 10.2 Å². The molecule has 1 N–H and O–H groups in total. The first-order valence-corrected chi connectivity index (χ1v) is 7.42. The molecule has 0 saturated heterocycles. The Morgan fingerprint density at radius 2 is 2.30 bits per heavy atom. The average molecular weight is 289 g/mol. The Hall–Kier alpha value is -1.95. The molecule has 3 rings (SSSR count). The fourth-order valence-electron chi connectivity index (χ4n) is 2.15. The summed E-state index contributed by atoms with van der Waals surface area (Å²) in [5.41, 5.74) is 1.07. The topological polar surface area (TPSA) is 64.1 Å². The zero-order valence-electron chi connectivity index (χ0n) is 11.1. The molecular weight excluding hydrogens is 274 g/mol. The lowest BCUT2D eigenvalue weighted by atomic mass is 9.96. The van der Waals surface area contributed by atoms with Crippen LogP contribution in [0, 0.1) is 5.92 Å². The van der Waals surface area contributed by atoms with Gasteiger partial charge in [-0.1, -0.05) is 36.5 Å². The van der Waals surface area contributed by atoms with Crippen LogP contribution in [0.5, 0.6) is 5.75 Å². The summed E-state index contributed by atoms with van der Waals surface area (Å²) >= 11 is 1.42. The molecule has 1 aromatic carbocycles. The number of aromatic nitrogens is 2. The third-order valence-electron chi connectivity index (χ3n) is 3.25. The van der Waals surface area contributed by atoms with E-state index >= 15 is 0 Å². The molecule has 1 aliphatic heterocycles. The highest BCUT2D eigenvalue weighted by Crippen LogP contribution is 2.27. The van der Waals surface area contributed by atoms with Crippen LogP contribution in [0.15, 0.2) is 24.3 Å². The molecule has 0 saturated carbocycles. The molecule has 104 valence electrons. The van der Waals surface area contributed by atoms with Crippen LogP contribution < -0.4 is 10.1 Å². The van der Waals surface area contributed by atoms with Crippen molar-refractivity contribution in [1.82, 2.24) is 10.2 Å². The monoisotopic (exact) mass is 289 g/mol. The Balaban J connectivity index is 1.67. The first-order valence-electron chi connectivity index (χ1n) is 6.60. The number of nitrogens with zero attached hydrogens (tertiary/aromatic N) is 2. The molecule has 1 amide bonds. The predicted octanol–water partition coefficient (Wildman–Crippen LogP) is 2.29. The minimum Gasteiger partial charge on any atom is -0.492 e. The lowest BCUT2D eigenvalue weighted by Gasteiger charge is -2.23. The number of ether oxygens (including phenoxy) is 1. The quantitative estimate of drug-likeness (QED) is 0.941. The van der Waals surface area contributed by atoms with E-state index in [4.69, 9.17) is 4.74 Å². The zero-order chi connectivity index (χ0) is 13.9. The van der Waals surface area contributed by atoms with E-state index in [1.165, 1.54) is 11.3 Å². The first-order chi connectivity index (χ1) is 9.76. The van der Waals surface area contributed by atoms with Gasteiger partial charge in [0.15, 0.2) is 0 Å². The zero-order valence-corrected chi connectivity index (χ0v) is 11.9. The first kappa shape index (κ1) is 13.1. The normalized spacial score (nSPS) is 17.1. The van der Waals surface area contributed by atoms with Crippen LogP contribution in [0.3, 0.4) is 0 Å². The molecule has 0 fully saturated rings. The van der Waals surface area contributed by atoms with Gasteiger partial charge < -0.3 is 10.1 Å². The van der Waals surface area contributed by atoms with Crippen molar-refractivity contribution < 1.29 is 9.53 Å². The second kappa shape index (κ2) is 5.58. The summed E-state index contributed by atoms with van der Waals surface area (Å²) in [7, 11) is 0. The van der Waals surface area contributed by atoms with E-state index in [0.717, 1.165) is 22.7 Å². The van der Waals surface area contributed by atoms with E-state index in [1.54, 1.807) is 0 Å². The number of aryl methyl sites for hydroxylation is 1. The van der Waals surface area contributed by atoms with Gasteiger partial charge in [-0.05, 0) is 24.5 Å². The second-order valence-electron chi connectivity index (χ2n) is 4.66. The van der Waals surface area contributed by atoms with Crippen LogP contribution >= 0.6 is 11.3 Å². The third kappa shape index (κ3) is 2.65. The van der Waals surface area contributed by atoms with Crippen LogP contribution in [-0.2, 0) is 17.6 Å². The van der Waals surface area contributed by atoms with Crippen molar-refractivity contribution in [2.45, 2.75) is 19.8 Å². The number of amides is 1. The summed E-state index contributed by atoms with van der Waals surface area (Å²) in [5, 5.41) is 12.3. The van der Waals surface area contributed by atoms with Gasteiger partial charge in [-0.3, -0.25) is 4.79 Å². The summed E-state index contributed by atoms with van der Waals surface area (Å²) in [6, 6.07) is 7.82. The minimum atomic E-state index is -0.182. The van der Waals surface area contributed by atoms with Gasteiger partial charge in [-0.2, -0.15) is 0 Å². The standard InChI is InChI=1S/C14H15N3O2S/c1-2-12-16-17-14(20-12)15-13(18)10-7-9-5-3-4-6-11(9)19-8-10/h3-6,10H,2,7-8H2,1H3,(H,15,17,18)/t10-/m0/s1. The van der Waals surface area contributed by atoms with Crippen molar-refractivity contribution in [3.8, 4) is 5.75 Å². The summed E-state index contributed by atoms with van der Waals surface area (Å²) in [6.07, 6.45) is 1.52. The van der Waals surface area contributed by atoms with Crippen LogP contribution in [-0.4, -0.2) is 22.7 Å². The van der Waals surface area contributed by atoms with Crippen molar-refractivity contribution in [2.24, 2.45) is 5.92 Å². The lowest BCUT2D eigenvalue weighted by Crippen LogP contribution is -2.32.